The van der Waals surface area contributed by atoms with Crippen molar-refractivity contribution in [2.45, 2.75) is 13.8 Å². The maximum absolute atomic E-state index is 11.6. The van der Waals surface area contributed by atoms with E-state index in [4.69, 9.17) is 15.9 Å². The van der Waals surface area contributed by atoms with Gasteiger partial charge in [0, 0.05) is 16.7 Å². The molecular formula is C13H13N3O3. The van der Waals surface area contributed by atoms with Crippen LogP contribution in [-0.4, -0.2) is 16.8 Å². The number of nitrogens with two attached hydrogens (primary N) is 2. The van der Waals surface area contributed by atoms with Crippen molar-refractivity contribution >= 4 is 11.8 Å². The number of primary amides is 2. The molecule has 6 nitrogen and oxygen atoms in total. The van der Waals surface area contributed by atoms with Crippen molar-refractivity contribution < 1.29 is 14.0 Å². The molecule has 2 amide bonds. The van der Waals surface area contributed by atoms with Crippen molar-refractivity contribution in [3.8, 4) is 11.5 Å². The average molecular weight is 259 g/mol. The van der Waals surface area contributed by atoms with Crippen LogP contribution >= 0.6 is 0 Å². The van der Waals surface area contributed by atoms with Gasteiger partial charge in [0.1, 0.15) is 6.26 Å². The van der Waals surface area contributed by atoms with Crippen LogP contribution in [0.25, 0.3) is 11.5 Å². The van der Waals surface area contributed by atoms with Gasteiger partial charge < -0.3 is 15.9 Å². The first kappa shape index (κ1) is 12.8. The second kappa shape index (κ2) is 4.56. The van der Waals surface area contributed by atoms with Gasteiger partial charge in [-0.1, -0.05) is 0 Å². The summed E-state index contributed by atoms with van der Waals surface area (Å²) in [5.74, 6) is -0.943. The summed E-state index contributed by atoms with van der Waals surface area (Å²) in [6, 6.07) is 1.56. The van der Waals surface area contributed by atoms with Crippen LogP contribution in [0.1, 0.15) is 31.8 Å². The van der Waals surface area contributed by atoms with E-state index in [0.29, 0.717) is 22.6 Å². The molecule has 0 saturated heterocycles. The van der Waals surface area contributed by atoms with Crippen LogP contribution < -0.4 is 11.5 Å². The first-order chi connectivity index (χ1) is 8.93. The zero-order valence-electron chi connectivity index (χ0n) is 10.6. The number of nitrogens with zero attached hydrogens (tertiary/aromatic N) is 1. The number of rotatable bonds is 3. The lowest BCUT2D eigenvalue weighted by Gasteiger charge is -2.13. The van der Waals surface area contributed by atoms with Gasteiger partial charge >= 0.3 is 0 Å². The van der Waals surface area contributed by atoms with E-state index < -0.39 is 11.8 Å². The molecule has 0 aliphatic rings. The lowest BCUT2D eigenvalue weighted by atomic mass is 9.92. The Bertz CT molecular complexity index is 660. The van der Waals surface area contributed by atoms with Crippen LogP contribution in [0.15, 0.2) is 22.9 Å². The van der Waals surface area contributed by atoms with Gasteiger partial charge in [0.05, 0.1) is 6.20 Å². The fourth-order valence-electron chi connectivity index (χ4n) is 2.12. The van der Waals surface area contributed by atoms with E-state index in [9.17, 15) is 9.59 Å². The van der Waals surface area contributed by atoms with Crippen molar-refractivity contribution in [1.29, 1.82) is 0 Å². The topological polar surface area (TPSA) is 112 Å². The molecule has 4 N–H and O–H groups in total. The highest BCUT2D eigenvalue weighted by Crippen LogP contribution is 2.29. The number of hydrogen-bond acceptors (Lipinski definition) is 4. The number of hydrogen-bond donors (Lipinski definition) is 2. The summed E-state index contributed by atoms with van der Waals surface area (Å²) in [5.41, 5.74) is 12.8. The first-order valence-electron chi connectivity index (χ1n) is 5.57. The summed E-state index contributed by atoms with van der Waals surface area (Å²) in [7, 11) is 0. The van der Waals surface area contributed by atoms with Crippen molar-refractivity contribution in [3.63, 3.8) is 0 Å². The highest BCUT2D eigenvalue weighted by atomic mass is 16.3. The Morgan fingerprint density at radius 3 is 2.32 bits per heavy atom. The summed E-state index contributed by atoms with van der Waals surface area (Å²) in [6.45, 7) is 3.35. The molecule has 0 spiro atoms. The van der Waals surface area contributed by atoms with Crippen LogP contribution in [0, 0.1) is 13.8 Å². The standard InChI is InChI=1S/C13H13N3O3/c1-6-8(11(14)17)5-9(13-16-3-4-19-13)7(2)10(6)12(15)18/h3-5H,1-2H3,(H2,14,17)(H2,15,18). The number of oxazole rings is 1. The SMILES string of the molecule is Cc1c(C(N)=O)cc(-c2ncco2)c(C)c1C(N)=O. The molecule has 2 rings (SSSR count). The Balaban J connectivity index is 2.82. The van der Waals surface area contributed by atoms with Gasteiger partial charge in [0.15, 0.2) is 0 Å². The number of amides is 2. The zero-order valence-corrected chi connectivity index (χ0v) is 10.6. The minimum Gasteiger partial charge on any atom is -0.445 e. The minimum absolute atomic E-state index is 0.229. The van der Waals surface area contributed by atoms with Gasteiger partial charge in [-0.2, -0.15) is 0 Å². The van der Waals surface area contributed by atoms with Crippen LogP contribution in [0.5, 0.6) is 0 Å². The van der Waals surface area contributed by atoms with Crippen molar-refractivity contribution in [3.05, 3.63) is 40.8 Å². The molecule has 98 valence electrons. The van der Waals surface area contributed by atoms with Crippen molar-refractivity contribution in [1.82, 2.24) is 4.98 Å². The van der Waals surface area contributed by atoms with Crippen molar-refractivity contribution in [2.24, 2.45) is 11.5 Å². The number of carbonyl (C=O) groups is 2. The van der Waals surface area contributed by atoms with Crippen LogP contribution in [0.4, 0.5) is 0 Å². The molecule has 1 heterocycles. The van der Waals surface area contributed by atoms with Gasteiger partial charge in [0.2, 0.25) is 17.7 Å². The van der Waals surface area contributed by atoms with E-state index in [1.54, 1.807) is 19.9 Å². The third kappa shape index (κ3) is 2.08. The minimum atomic E-state index is -0.632. The highest BCUT2D eigenvalue weighted by Gasteiger charge is 2.21. The van der Waals surface area contributed by atoms with Gasteiger partial charge in [0.25, 0.3) is 0 Å². The third-order valence-electron chi connectivity index (χ3n) is 3.02. The molecule has 1 aromatic carbocycles. The van der Waals surface area contributed by atoms with E-state index in [2.05, 4.69) is 4.98 Å². The van der Waals surface area contributed by atoms with E-state index in [1.165, 1.54) is 12.5 Å². The summed E-state index contributed by atoms with van der Waals surface area (Å²) in [4.78, 5) is 27.0. The quantitative estimate of drug-likeness (QED) is 0.860. The fraction of sp³-hybridized carbons (Fsp3) is 0.154. The number of benzene rings is 1. The highest BCUT2D eigenvalue weighted by molar-refractivity contribution is 6.03. The smallest absolute Gasteiger partial charge is 0.249 e. The molecule has 6 heteroatoms. The number of aromatic nitrogens is 1. The Morgan fingerprint density at radius 1 is 1.16 bits per heavy atom. The molecule has 0 saturated carbocycles. The summed E-state index contributed by atoms with van der Waals surface area (Å²) >= 11 is 0. The van der Waals surface area contributed by atoms with Crippen LogP contribution in [0.3, 0.4) is 0 Å². The predicted octanol–water partition coefficient (Wildman–Crippen LogP) is 1.16. The molecule has 0 bridgehead atoms. The monoisotopic (exact) mass is 259 g/mol. The first-order valence-corrected chi connectivity index (χ1v) is 5.57. The van der Waals surface area contributed by atoms with Crippen molar-refractivity contribution in [2.75, 3.05) is 0 Å². The van der Waals surface area contributed by atoms with E-state index in [0.717, 1.165) is 0 Å². The Labute approximate surface area is 109 Å². The molecule has 0 fully saturated rings. The maximum atomic E-state index is 11.6. The zero-order chi connectivity index (χ0) is 14.2. The summed E-state index contributed by atoms with van der Waals surface area (Å²) in [6.07, 6.45) is 2.88. The molecule has 0 unspecified atom stereocenters. The summed E-state index contributed by atoms with van der Waals surface area (Å²) in [5, 5.41) is 0. The predicted molar refractivity (Wildman–Crippen MR) is 68.4 cm³/mol. The Hall–Kier alpha value is -2.63. The average Bonchev–Trinajstić information content (AvgIpc) is 2.81. The molecule has 1 aromatic heterocycles. The second-order valence-corrected chi connectivity index (χ2v) is 4.16. The van der Waals surface area contributed by atoms with Gasteiger partial charge in [-0.3, -0.25) is 9.59 Å². The van der Waals surface area contributed by atoms with E-state index >= 15 is 0 Å². The lowest BCUT2D eigenvalue weighted by Crippen LogP contribution is -2.20. The van der Waals surface area contributed by atoms with E-state index in [1.807, 2.05) is 0 Å². The molecule has 0 aliphatic carbocycles. The number of carbonyl (C=O) groups excluding carboxylic acids is 2. The molecule has 19 heavy (non-hydrogen) atoms. The van der Waals surface area contributed by atoms with Gasteiger partial charge in [-0.25, -0.2) is 4.98 Å². The van der Waals surface area contributed by atoms with Crippen LogP contribution in [0.2, 0.25) is 0 Å². The van der Waals surface area contributed by atoms with E-state index in [-0.39, 0.29) is 11.1 Å². The Morgan fingerprint density at radius 2 is 1.84 bits per heavy atom. The molecule has 0 atom stereocenters. The largest absolute Gasteiger partial charge is 0.445 e. The van der Waals surface area contributed by atoms with Crippen LogP contribution in [-0.2, 0) is 0 Å². The maximum Gasteiger partial charge on any atom is 0.249 e. The lowest BCUT2D eigenvalue weighted by molar-refractivity contribution is 0.0998. The normalized spacial score (nSPS) is 10.4. The molecular weight excluding hydrogens is 246 g/mol. The third-order valence-corrected chi connectivity index (χ3v) is 3.02. The summed E-state index contributed by atoms with van der Waals surface area (Å²) < 4.78 is 5.19. The second-order valence-electron chi connectivity index (χ2n) is 4.16. The molecule has 0 aliphatic heterocycles. The van der Waals surface area contributed by atoms with Gasteiger partial charge in [-0.15, -0.1) is 0 Å². The Kier molecular flexibility index (Phi) is 3.08. The molecule has 0 radical (unpaired) electrons. The molecule has 2 aromatic rings. The van der Waals surface area contributed by atoms with Gasteiger partial charge in [-0.05, 0) is 31.0 Å². The fourth-order valence-corrected chi connectivity index (χ4v) is 2.12.